The van der Waals surface area contributed by atoms with Crippen LogP contribution in [0, 0.1) is 0 Å². The minimum atomic E-state index is -0.270. The van der Waals surface area contributed by atoms with E-state index in [1.54, 1.807) is 18.2 Å². The van der Waals surface area contributed by atoms with Gasteiger partial charge in [0.2, 0.25) is 0 Å². The molecule has 2 rings (SSSR count). The Morgan fingerprint density at radius 2 is 1.75 bits per heavy atom. The van der Waals surface area contributed by atoms with E-state index in [0.717, 1.165) is 0 Å². The molecule has 0 aliphatic heterocycles. The molecule has 0 heterocycles. The van der Waals surface area contributed by atoms with Gasteiger partial charge in [-0.05, 0) is 24.3 Å². The lowest BCUT2D eigenvalue weighted by molar-refractivity contribution is 0.103. The summed E-state index contributed by atoms with van der Waals surface area (Å²) in [5, 5.41) is 1.05. The van der Waals surface area contributed by atoms with Gasteiger partial charge in [0, 0.05) is 26.7 Å². The van der Waals surface area contributed by atoms with Gasteiger partial charge in [-0.25, -0.2) is 0 Å². The van der Waals surface area contributed by atoms with E-state index in [0.29, 0.717) is 31.4 Å². The third-order valence-electron chi connectivity index (χ3n) is 2.66. The second-order valence-electron chi connectivity index (χ2n) is 3.92. The first kappa shape index (κ1) is 15.6. The van der Waals surface area contributed by atoms with E-state index in [4.69, 9.17) is 39.5 Å². The summed E-state index contributed by atoms with van der Waals surface area (Å²) in [6.07, 6.45) is 0. The predicted molar refractivity (Wildman–Crippen MR) is 85.6 cm³/mol. The van der Waals surface area contributed by atoms with E-state index in [1.165, 1.54) is 19.2 Å². The van der Waals surface area contributed by atoms with Crippen LogP contribution >= 0.6 is 50.7 Å². The minimum Gasteiger partial charge on any atom is -0.495 e. The smallest absolute Gasteiger partial charge is 0.195 e. The second-order valence-corrected chi connectivity index (χ2v) is 6.03. The summed E-state index contributed by atoms with van der Waals surface area (Å²) < 4.78 is 5.69. The average molecular weight is 394 g/mol. The molecule has 6 heteroatoms. The third kappa shape index (κ3) is 3.12. The molecule has 0 radical (unpaired) electrons. The van der Waals surface area contributed by atoms with Crippen LogP contribution in [-0.4, -0.2) is 12.9 Å². The molecule has 2 nitrogen and oxygen atoms in total. The van der Waals surface area contributed by atoms with E-state index in [9.17, 15) is 4.79 Å². The monoisotopic (exact) mass is 392 g/mol. The molecule has 0 saturated heterocycles. The summed E-state index contributed by atoms with van der Waals surface area (Å²) in [6, 6.07) is 7.95. The van der Waals surface area contributed by atoms with Gasteiger partial charge in [-0.3, -0.25) is 4.79 Å². The van der Waals surface area contributed by atoms with E-state index in [-0.39, 0.29) is 10.8 Å². The number of hydrogen-bond acceptors (Lipinski definition) is 2. The standard InChI is InChI=1S/C14H8BrCl3O2/c1-20-13-6-11(17)9(5-12(13)18)14(19)8-4-7(16)2-3-10(8)15/h2-6H,1H3. The maximum absolute atomic E-state index is 12.5. The number of halogens is 4. The molecular formula is C14H8BrCl3O2. The number of ketones is 1. The van der Waals surface area contributed by atoms with Crippen molar-refractivity contribution < 1.29 is 9.53 Å². The molecule has 0 saturated carbocycles. The van der Waals surface area contributed by atoms with Crippen molar-refractivity contribution in [3.05, 3.63) is 61.0 Å². The second kappa shape index (κ2) is 6.35. The van der Waals surface area contributed by atoms with Gasteiger partial charge in [-0.15, -0.1) is 0 Å². The van der Waals surface area contributed by atoms with Crippen molar-refractivity contribution in [2.24, 2.45) is 0 Å². The summed E-state index contributed by atoms with van der Waals surface area (Å²) in [7, 11) is 1.48. The van der Waals surface area contributed by atoms with Crippen molar-refractivity contribution in [1.82, 2.24) is 0 Å². The molecule has 0 atom stereocenters. The maximum atomic E-state index is 12.5. The van der Waals surface area contributed by atoms with Gasteiger partial charge in [0.1, 0.15) is 5.75 Å². The molecule has 2 aromatic rings. The van der Waals surface area contributed by atoms with E-state index >= 15 is 0 Å². The largest absolute Gasteiger partial charge is 0.495 e. The molecule has 0 unspecified atom stereocenters. The Morgan fingerprint density at radius 1 is 1.05 bits per heavy atom. The first-order valence-electron chi connectivity index (χ1n) is 5.47. The number of ether oxygens (including phenoxy) is 1. The van der Waals surface area contributed by atoms with Crippen LogP contribution in [0.5, 0.6) is 5.75 Å². The number of rotatable bonds is 3. The van der Waals surface area contributed by atoms with Gasteiger partial charge in [0.15, 0.2) is 5.78 Å². The van der Waals surface area contributed by atoms with Gasteiger partial charge in [0.05, 0.1) is 17.2 Å². The van der Waals surface area contributed by atoms with Crippen LogP contribution in [0.1, 0.15) is 15.9 Å². The Bertz CT molecular complexity index is 686. The van der Waals surface area contributed by atoms with Crippen molar-refractivity contribution >= 4 is 56.5 Å². The molecule has 0 N–H and O–H groups in total. The van der Waals surface area contributed by atoms with Gasteiger partial charge < -0.3 is 4.74 Å². The van der Waals surface area contributed by atoms with E-state index < -0.39 is 0 Å². The minimum absolute atomic E-state index is 0.267. The molecule has 0 aromatic heterocycles. The van der Waals surface area contributed by atoms with Crippen molar-refractivity contribution in [3.63, 3.8) is 0 Å². The highest BCUT2D eigenvalue weighted by Gasteiger charge is 2.18. The van der Waals surface area contributed by atoms with Crippen molar-refractivity contribution in [3.8, 4) is 5.75 Å². The van der Waals surface area contributed by atoms with Crippen LogP contribution in [0.25, 0.3) is 0 Å². The molecule has 0 spiro atoms. The predicted octanol–water partition coefficient (Wildman–Crippen LogP) is 5.65. The Labute approximate surface area is 139 Å². The highest BCUT2D eigenvalue weighted by atomic mass is 79.9. The molecular weight excluding hydrogens is 386 g/mol. The van der Waals surface area contributed by atoms with Crippen molar-refractivity contribution in [2.75, 3.05) is 7.11 Å². The molecule has 20 heavy (non-hydrogen) atoms. The fourth-order valence-electron chi connectivity index (χ4n) is 1.68. The fourth-order valence-corrected chi connectivity index (χ4v) is 2.75. The Hall–Kier alpha value is -0.740. The first-order chi connectivity index (χ1) is 9.43. The molecule has 104 valence electrons. The van der Waals surface area contributed by atoms with Gasteiger partial charge in [-0.2, -0.15) is 0 Å². The lowest BCUT2D eigenvalue weighted by Crippen LogP contribution is -2.04. The van der Waals surface area contributed by atoms with Crippen LogP contribution in [0.2, 0.25) is 15.1 Å². The number of hydrogen-bond donors (Lipinski definition) is 0. The summed E-state index contributed by atoms with van der Waals surface area (Å²) in [5.41, 5.74) is 0.709. The summed E-state index contributed by atoms with van der Waals surface area (Å²) >= 11 is 21.4. The zero-order chi connectivity index (χ0) is 14.9. The third-order valence-corrected chi connectivity index (χ3v) is 4.19. The summed E-state index contributed by atoms with van der Waals surface area (Å²) in [6.45, 7) is 0. The number of carbonyl (C=O) groups is 1. The van der Waals surface area contributed by atoms with Crippen LogP contribution in [0.15, 0.2) is 34.8 Å². The topological polar surface area (TPSA) is 26.3 Å². The molecule has 0 amide bonds. The molecule has 0 bridgehead atoms. The Morgan fingerprint density at radius 3 is 2.40 bits per heavy atom. The molecule has 2 aromatic carbocycles. The maximum Gasteiger partial charge on any atom is 0.195 e. The van der Waals surface area contributed by atoms with Crippen LogP contribution in [-0.2, 0) is 0 Å². The highest BCUT2D eigenvalue weighted by Crippen LogP contribution is 2.33. The van der Waals surface area contributed by atoms with E-state index in [2.05, 4.69) is 15.9 Å². The summed E-state index contributed by atoms with van der Waals surface area (Å²) in [5.74, 6) is 0.146. The van der Waals surface area contributed by atoms with Crippen LogP contribution in [0.3, 0.4) is 0 Å². The lowest BCUT2D eigenvalue weighted by atomic mass is 10.0. The Kier molecular flexibility index (Phi) is 4.97. The van der Waals surface area contributed by atoms with Crippen molar-refractivity contribution in [2.45, 2.75) is 0 Å². The van der Waals surface area contributed by atoms with Gasteiger partial charge in [0.25, 0.3) is 0 Å². The molecule has 0 aliphatic rings. The number of carbonyl (C=O) groups excluding carboxylic acids is 1. The normalized spacial score (nSPS) is 10.4. The first-order valence-corrected chi connectivity index (χ1v) is 7.39. The van der Waals surface area contributed by atoms with Gasteiger partial charge >= 0.3 is 0 Å². The molecule has 0 aliphatic carbocycles. The SMILES string of the molecule is COc1cc(Cl)c(C(=O)c2cc(Cl)ccc2Br)cc1Cl. The zero-order valence-corrected chi connectivity index (χ0v) is 14.1. The highest BCUT2D eigenvalue weighted by molar-refractivity contribution is 9.10. The number of benzene rings is 2. The van der Waals surface area contributed by atoms with Crippen LogP contribution < -0.4 is 4.74 Å². The number of methoxy groups -OCH3 is 1. The zero-order valence-electron chi connectivity index (χ0n) is 10.2. The average Bonchev–Trinajstić information content (AvgIpc) is 2.42. The lowest BCUT2D eigenvalue weighted by Gasteiger charge is -2.09. The van der Waals surface area contributed by atoms with E-state index in [1.807, 2.05) is 0 Å². The van der Waals surface area contributed by atoms with Gasteiger partial charge in [-0.1, -0.05) is 50.7 Å². The Balaban J connectivity index is 2.54. The molecule has 0 fully saturated rings. The summed E-state index contributed by atoms with van der Waals surface area (Å²) in [4.78, 5) is 12.5. The fraction of sp³-hybridized carbons (Fsp3) is 0.0714. The quantitative estimate of drug-likeness (QED) is 0.629. The van der Waals surface area contributed by atoms with Crippen LogP contribution in [0.4, 0.5) is 0 Å². The van der Waals surface area contributed by atoms with Crippen molar-refractivity contribution in [1.29, 1.82) is 0 Å².